The van der Waals surface area contributed by atoms with Gasteiger partial charge in [0.15, 0.2) is 0 Å². The second-order valence-electron chi connectivity index (χ2n) is 10.4. The molecule has 1 aromatic carbocycles. The molecule has 0 N–H and O–H groups in total. The molecule has 2 fully saturated rings. The number of aryl methyl sites for hydroxylation is 2. The number of nitrogens with zero attached hydrogens (tertiary/aromatic N) is 4. The summed E-state index contributed by atoms with van der Waals surface area (Å²) in [6.07, 6.45) is 8.36. The third-order valence-corrected chi connectivity index (χ3v) is 8.20. The van der Waals surface area contributed by atoms with Crippen LogP contribution in [0.15, 0.2) is 24.3 Å². The minimum absolute atomic E-state index is 0.180. The van der Waals surface area contributed by atoms with Gasteiger partial charge in [-0.15, -0.1) is 0 Å². The zero-order chi connectivity index (χ0) is 26.4. The number of nitriles is 1. The van der Waals surface area contributed by atoms with E-state index < -0.39 is 0 Å². The number of rotatable bonds is 11. The molecule has 37 heavy (non-hydrogen) atoms. The van der Waals surface area contributed by atoms with E-state index in [1.807, 2.05) is 25.1 Å². The van der Waals surface area contributed by atoms with E-state index in [0.717, 1.165) is 88.3 Å². The van der Waals surface area contributed by atoms with Crippen LogP contribution in [0.1, 0.15) is 83.4 Å². The predicted molar refractivity (Wildman–Crippen MR) is 145 cm³/mol. The Hall–Kier alpha value is -2.85. The van der Waals surface area contributed by atoms with Crippen molar-refractivity contribution >= 4 is 22.8 Å². The highest BCUT2D eigenvalue weighted by molar-refractivity contribution is 5.85. The molecule has 2 aliphatic rings. The van der Waals surface area contributed by atoms with Crippen molar-refractivity contribution in [3.05, 3.63) is 35.5 Å². The molecule has 2 saturated heterocycles. The number of benzene rings is 1. The van der Waals surface area contributed by atoms with Gasteiger partial charge < -0.3 is 14.2 Å². The van der Waals surface area contributed by atoms with Gasteiger partial charge in [0.25, 0.3) is 0 Å². The molecular formula is C30H42N4O3. The monoisotopic (exact) mass is 506 g/mol. The summed E-state index contributed by atoms with van der Waals surface area (Å²) in [6, 6.07) is 10.0. The molecule has 3 atom stereocenters. The number of hydrogen-bond donors (Lipinski definition) is 0. The Balaban J connectivity index is 1.46. The maximum atomic E-state index is 13.9. The van der Waals surface area contributed by atoms with Crippen LogP contribution in [-0.2, 0) is 27.3 Å². The first kappa shape index (κ1) is 27.2. The summed E-state index contributed by atoms with van der Waals surface area (Å²) in [4.78, 5) is 30.9. The van der Waals surface area contributed by atoms with Crippen molar-refractivity contribution in [1.29, 1.82) is 5.26 Å². The number of aromatic nitrogens is 1. The highest BCUT2D eigenvalue weighted by Crippen LogP contribution is 2.30. The van der Waals surface area contributed by atoms with Crippen molar-refractivity contribution in [2.45, 2.75) is 103 Å². The topological polar surface area (TPSA) is 78.6 Å². The largest absolute Gasteiger partial charge is 0.465 e. The third kappa shape index (κ3) is 5.85. The van der Waals surface area contributed by atoms with Crippen LogP contribution in [0.3, 0.4) is 0 Å². The fraction of sp³-hybridized carbons (Fsp3) is 0.633. The Labute approximate surface area is 221 Å². The van der Waals surface area contributed by atoms with Crippen molar-refractivity contribution in [3.63, 3.8) is 0 Å². The predicted octanol–water partition coefficient (Wildman–Crippen LogP) is 5.04. The number of fused-ring (bicyclic) bond motifs is 1. The van der Waals surface area contributed by atoms with Crippen LogP contribution < -0.4 is 0 Å². The molecule has 7 heteroatoms. The van der Waals surface area contributed by atoms with E-state index in [-0.39, 0.29) is 30.0 Å². The van der Waals surface area contributed by atoms with Gasteiger partial charge in [0.05, 0.1) is 24.3 Å². The van der Waals surface area contributed by atoms with Gasteiger partial charge in [0.1, 0.15) is 6.04 Å². The van der Waals surface area contributed by atoms with Crippen LogP contribution in [-0.4, -0.2) is 64.1 Å². The van der Waals surface area contributed by atoms with Crippen molar-refractivity contribution in [2.24, 2.45) is 0 Å². The van der Waals surface area contributed by atoms with Gasteiger partial charge in [-0.3, -0.25) is 14.5 Å². The van der Waals surface area contributed by atoms with E-state index in [0.29, 0.717) is 12.2 Å². The molecule has 0 aliphatic carbocycles. The molecule has 0 bridgehead atoms. The van der Waals surface area contributed by atoms with Crippen LogP contribution in [0, 0.1) is 11.3 Å². The van der Waals surface area contributed by atoms with Gasteiger partial charge in [-0.25, -0.2) is 0 Å². The van der Waals surface area contributed by atoms with E-state index in [4.69, 9.17) is 4.74 Å². The van der Waals surface area contributed by atoms with Crippen molar-refractivity contribution in [2.75, 3.05) is 19.7 Å². The van der Waals surface area contributed by atoms with E-state index in [2.05, 4.69) is 40.3 Å². The number of carbonyl (C=O) groups is 2. The molecule has 200 valence electrons. The van der Waals surface area contributed by atoms with Crippen LogP contribution in [0.5, 0.6) is 0 Å². The van der Waals surface area contributed by atoms with E-state index in [1.165, 1.54) is 5.69 Å². The number of amides is 1. The Morgan fingerprint density at radius 2 is 1.95 bits per heavy atom. The lowest BCUT2D eigenvalue weighted by Gasteiger charge is -2.35. The maximum Gasteiger partial charge on any atom is 0.323 e. The smallest absolute Gasteiger partial charge is 0.323 e. The van der Waals surface area contributed by atoms with Gasteiger partial charge in [-0.2, -0.15) is 5.26 Å². The number of likely N-dealkylation sites (tertiary alicyclic amines) is 2. The Morgan fingerprint density at radius 3 is 2.68 bits per heavy atom. The highest BCUT2D eigenvalue weighted by Gasteiger charge is 2.42. The molecule has 2 aliphatic heterocycles. The molecule has 1 unspecified atom stereocenters. The van der Waals surface area contributed by atoms with Crippen LogP contribution in [0.4, 0.5) is 0 Å². The van der Waals surface area contributed by atoms with Crippen LogP contribution >= 0.6 is 0 Å². The summed E-state index contributed by atoms with van der Waals surface area (Å²) in [7, 11) is 0. The lowest BCUT2D eigenvalue weighted by Crippen LogP contribution is -2.53. The summed E-state index contributed by atoms with van der Waals surface area (Å²) in [5.41, 5.74) is 3.05. The summed E-state index contributed by atoms with van der Waals surface area (Å²) in [6.45, 7) is 8.92. The summed E-state index contributed by atoms with van der Waals surface area (Å²) in [5, 5.41) is 10.5. The quantitative estimate of drug-likeness (QED) is 0.399. The SMILES string of the molecule is CCCCC(C(=O)OCC)N1CCC[C@@H]1C(=O)N1CCC[C@H]1CCc1cc2ccc(C#N)cc2n1CC. The molecule has 7 nitrogen and oxygen atoms in total. The summed E-state index contributed by atoms with van der Waals surface area (Å²) >= 11 is 0. The molecule has 3 heterocycles. The second-order valence-corrected chi connectivity index (χ2v) is 10.4. The zero-order valence-electron chi connectivity index (χ0n) is 22.7. The van der Waals surface area contributed by atoms with Crippen LogP contribution in [0.2, 0.25) is 0 Å². The lowest BCUT2D eigenvalue weighted by atomic mass is 10.0. The normalized spacial score (nSPS) is 20.9. The van der Waals surface area contributed by atoms with E-state index >= 15 is 0 Å². The van der Waals surface area contributed by atoms with Crippen molar-refractivity contribution < 1.29 is 14.3 Å². The number of carbonyl (C=O) groups excluding carboxylic acids is 2. The number of ether oxygens (including phenoxy) is 1. The van der Waals surface area contributed by atoms with Gasteiger partial charge in [0, 0.05) is 30.3 Å². The molecule has 0 spiro atoms. The zero-order valence-corrected chi connectivity index (χ0v) is 22.7. The molecule has 1 aromatic heterocycles. The lowest BCUT2D eigenvalue weighted by molar-refractivity contribution is -0.152. The standard InChI is InChI=1S/C30H42N4O3/c1-4-7-11-27(30(36)37-6-3)34-18-9-12-26(34)29(35)33-17-8-10-24(33)15-16-25-20-23-14-13-22(21-31)19-28(23)32(25)5-2/h13-14,19-20,24,26-27H,4-12,15-18H2,1-3H3/t24-,26+,27?/m0/s1. The number of hydrogen-bond acceptors (Lipinski definition) is 5. The van der Waals surface area contributed by atoms with Gasteiger partial charge in [-0.1, -0.05) is 25.8 Å². The second kappa shape index (κ2) is 12.6. The maximum absolute atomic E-state index is 13.9. The average molecular weight is 507 g/mol. The fourth-order valence-corrected chi connectivity index (χ4v) is 6.38. The Kier molecular flexibility index (Phi) is 9.26. The third-order valence-electron chi connectivity index (χ3n) is 8.20. The molecule has 4 rings (SSSR count). The molecule has 0 radical (unpaired) electrons. The van der Waals surface area contributed by atoms with Crippen molar-refractivity contribution in [3.8, 4) is 6.07 Å². The van der Waals surface area contributed by atoms with E-state index in [1.54, 1.807) is 0 Å². The first-order valence-corrected chi connectivity index (χ1v) is 14.3. The minimum atomic E-state index is -0.323. The van der Waals surface area contributed by atoms with Crippen LogP contribution in [0.25, 0.3) is 10.9 Å². The molecular weight excluding hydrogens is 464 g/mol. The van der Waals surface area contributed by atoms with Gasteiger partial charge in [-0.05, 0) is 88.9 Å². The minimum Gasteiger partial charge on any atom is -0.465 e. The number of esters is 1. The van der Waals surface area contributed by atoms with Gasteiger partial charge >= 0.3 is 5.97 Å². The molecule has 1 amide bonds. The molecule has 2 aromatic rings. The first-order valence-electron chi connectivity index (χ1n) is 14.3. The van der Waals surface area contributed by atoms with Crippen molar-refractivity contribution in [1.82, 2.24) is 14.4 Å². The Bertz CT molecular complexity index is 1130. The number of unbranched alkanes of at least 4 members (excludes halogenated alkanes) is 1. The first-order chi connectivity index (χ1) is 18.0. The average Bonchev–Trinajstić information content (AvgIpc) is 3.65. The summed E-state index contributed by atoms with van der Waals surface area (Å²) in [5.74, 6) is 0.0149. The Morgan fingerprint density at radius 1 is 1.14 bits per heavy atom. The highest BCUT2D eigenvalue weighted by atomic mass is 16.5. The van der Waals surface area contributed by atoms with Gasteiger partial charge in [0.2, 0.25) is 5.91 Å². The molecule has 0 saturated carbocycles. The fourth-order valence-electron chi connectivity index (χ4n) is 6.38. The summed E-state index contributed by atoms with van der Waals surface area (Å²) < 4.78 is 7.71. The van der Waals surface area contributed by atoms with E-state index in [9.17, 15) is 14.9 Å².